The van der Waals surface area contributed by atoms with E-state index in [-0.39, 0.29) is 18.4 Å². The second-order valence-electron chi connectivity index (χ2n) is 3.18. The fourth-order valence-electron chi connectivity index (χ4n) is 0.906. The Morgan fingerprint density at radius 1 is 0.944 bits per heavy atom. The molecule has 1 rings (SSSR count). The number of carboxylic acid groups (broad SMARTS) is 3. The third-order valence-electron chi connectivity index (χ3n) is 1.74. The molecule has 0 saturated carbocycles. The zero-order valence-electron chi connectivity index (χ0n) is 9.37. The zero-order chi connectivity index (χ0) is 14.1. The number of nitrogens with two attached hydrogens (primary N) is 1. The molecule has 0 aliphatic carbocycles. The van der Waals surface area contributed by atoms with E-state index in [9.17, 15) is 14.4 Å². The number of benzene rings is 1. The van der Waals surface area contributed by atoms with Crippen molar-refractivity contribution < 1.29 is 29.7 Å². The van der Waals surface area contributed by atoms with Gasteiger partial charge < -0.3 is 21.1 Å². The van der Waals surface area contributed by atoms with Gasteiger partial charge in [-0.1, -0.05) is 12.1 Å². The number of nitrogen functional groups attached to an aromatic ring is 1. The normalized spacial score (nSPS) is 8.89. The van der Waals surface area contributed by atoms with Crippen molar-refractivity contribution in [1.82, 2.24) is 0 Å². The van der Waals surface area contributed by atoms with Crippen molar-refractivity contribution in [3.05, 3.63) is 29.8 Å². The van der Waals surface area contributed by atoms with Crippen LogP contribution >= 0.6 is 0 Å². The molecule has 7 nitrogen and oxygen atoms in total. The molecule has 7 heteroatoms. The van der Waals surface area contributed by atoms with E-state index in [4.69, 9.17) is 21.1 Å². The van der Waals surface area contributed by atoms with Gasteiger partial charge in [-0.25, -0.2) is 4.79 Å². The van der Waals surface area contributed by atoms with Crippen molar-refractivity contribution in [2.75, 3.05) is 5.73 Å². The quantitative estimate of drug-likeness (QED) is 0.586. The number of anilines is 1. The summed E-state index contributed by atoms with van der Waals surface area (Å²) in [6.45, 7) is 0. The molecular weight excluding hydrogens is 242 g/mol. The smallest absolute Gasteiger partial charge is 0.337 e. The van der Waals surface area contributed by atoms with Crippen LogP contribution < -0.4 is 5.73 Å². The van der Waals surface area contributed by atoms with Crippen LogP contribution in [0.2, 0.25) is 0 Å². The molecular formula is C11H13NO6. The van der Waals surface area contributed by atoms with Crippen LogP contribution in [-0.2, 0) is 9.59 Å². The van der Waals surface area contributed by atoms with Crippen LogP contribution in [0.4, 0.5) is 5.69 Å². The molecule has 0 spiro atoms. The van der Waals surface area contributed by atoms with Gasteiger partial charge in [-0.15, -0.1) is 0 Å². The van der Waals surface area contributed by atoms with Gasteiger partial charge in [-0.05, 0) is 12.1 Å². The van der Waals surface area contributed by atoms with Crippen LogP contribution in [0.1, 0.15) is 23.2 Å². The number of aromatic carboxylic acids is 1. The van der Waals surface area contributed by atoms with Gasteiger partial charge in [-0.3, -0.25) is 9.59 Å². The van der Waals surface area contributed by atoms with Crippen molar-refractivity contribution in [3.8, 4) is 0 Å². The van der Waals surface area contributed by atoms with E-state index in [0.29, 0.717) is 5.69 Å². The Balaban J connectivity index is 0.000000331. The van der Waals surface area contributed by atoms with Gasteiger partial charge in [0.25, 0.3) is 0 Å². The maximum Gasteiger partial charge on any atom is 0.337 e. The molecule has 0 saturated heterocycles. The molecule has 0 fully saturated rings. The Morgan fingerprint density at radius 2 is 1.39 bits per heavy atom. The van der Waals surface area contributed by atoms with Gasteiger partial charge in [0.15, 0.2) is 0 Å². The van der Waals surface area contributed by atoms with E-state index in [1.807, 2.05) is 0 Å². The average molecular weight is 255 g/mol. The van der Waals surface area contributed by atoms with Gasteiger partial charge in [-0.2, -0.15) is 0 Å². The minimum Gasteiger partial charge on any atom is -0.481 e. The third-order valence-corrected chi connectivity index (χ3v) is 1.74. The lowest BCUT2D eigenvalue weighted by atomic mass is 10.2. The summed E-state index contributed by atoms with van der Waals surface area (Å²) < 4.78 is 0. The molecule has 0 radical (unpaired) electrons. The van der Waals surface area contributed by atoms with Crippen molar-refractivity contribution >= 4 is 23.6 Å². The van der Waals surface area contributed by atoms with Crippen LogP contribution in [0.3, 0.4) is 0 Å². The molecule has 0 atom stereocenters. The van der Waals surface area contributed by atoms with Crippen molar-refractivity contribution in [2.24, 2.45) is 0 Å². The van der Waals surface area contributed by atoms with E-state index in [1.54, 1.807) is 18.2 Å². The van der Waals surface area contributed by atoms with Crippen LogP contribution in [0.15, 0.2) is 24.3 Å². The summed E-state index contributed by atoms with van der Waals surface area (Å²) in [5.41, 5.74) is 5.80. The lowest BCUT2D eigenvalue weighted by Gasteiger charge is -1.96. The lowest BCUT2D eigenvalue weighted by Crippen LogP contribution is -2.00. The summed E-state index contributed by atoms with van der Waals surface area (Å²) in [4.78, 5) is 29.6. The summed E-state index contributed by atoms with van der Waals surface area (Å²) in [6.07, 6.45) is -0.593. The minimum absolute atomic E-state index is 0.155. The van der Waals surface area contributed by atoms with Crippen LogP contribution in [0.25, 0.3) is 0 Å². The average Bonchev–Trinajstić information content (AvgIpc) is 2.27. The predicted octanol–water partition coefficient (Wildman–Crippen LogP) is 0.903. The minimum atomic E-state index is -1.08. The molecule has 98 valence electrons. The Labute approximate surface area is 102 Å². The van der Waals surface area contributed by atoms with E-state index < -0.39 is 17.9 Å². The monoisotopic (exact) mass is 255 g/mol. The maximum absolute atomic E-state index is 10.3. The Kier molecular flexibility index (Phi) is 6.57. The summed E-state index contributed by atoms with van der Waals surface area (Å²) >= 11 is 0. The highest BCUT2D eigenvalue weighted by Gasteiger charge is 2.03. The van der Waals surface area contributed by atoms with Gasteiger partial charge >= 0.3 is 17.9 Å². The standard InChI is InChI=1S/C7H7NO2.C4H6O4/c8-6-4-2-1-3-5(6)7(9)10;5-3(6)1-2-4(7)8/h1-4H,8H2,(H,9,10);1-2H2,(H,5,6)(H,7,8). The molecule has 0 heterocycles. The molecule has 5 N–H and O–H groups in total. The number of carbonyl (C=O) groups is 3. The highest BCUT2D eigenvalue weighted by Crippen LogP contribution is 2.08. The van der Waals surface area contributed by atoms with Crippen LogP contribution in [-0.4, -0.2) is 33.2 Å². The van der Waals surface area contributed by atoms with E-state index in [0.717, 1.165) is 0 Å². The number of para-hydroxylation sites is 1. The van der Waals surface area contributed by atoms with Gasteiger partial charge in [0.2, 0.25) is 0 Å². The Hall–Kier alpha value is -2.57. The molecule has 0 unspecified atom stereocenters. The first-order valence-corrected chi connectivity index (χ1v) is 4.86. The summed E-state index contributed by atoms with van der Waals surface area (Å²) in [5.74, 6) is -3.14. The Morgan fingerprint density at radius 3 is 1.67 bits per heavy atom. The second kappa shape index (κ2) is 7.66. The number of aliphatic carboxylic acids is 2. The SMILES string of the molecule is Nc1ccccc1C(=O)O.O=C(O)CCC(=O)O. The topological polar surface area (TPSA) is 138 Å². The first-order chi connectivity index (χ1) is 8.34. The lowest BCUT2D eigenvalue weighted by molar-refractivity contribution is -0.143. The van der Waals surface area contributed by atoms with Gasteiger partial charge in [0.05, 0.1) is 18.4 Å². The molecule has 1 aromatic carbocycles. The summed E-state index contributed by atoms with van der Waals surface area (Å²) in [6, 6.07) is 6.36. The molecule has 0 aliphatic heterocycles. The van der Waals surface area contributed by atoms with E-state index >= 15 is 0 Å². The highest BCUT2D eigenvalue weighted by atomic mass is 16.4. The number of carboxylic acids is 3. The largest absolute Gasteiger partial charge is 0.481 e. The molecule has 18 heavy (non-hydrogen) atoms. The van der Waals surface area contributed by atoms with Crippen molar-refractivity contribution in [2.45, 2.75) is 12.8 Å². The molecule has 1 aromatic rings. The van der Waals surface area contributed by atoms with Crippen LogP contribution in [0.5, 0.6) is 0 Å². The fraction of sp³-hybridized carbons (Fsp3) is 0.182. The van der Waals surface area contributed by atoms with Crippen molar-refractivity contribution in [3.63, 3.8) is 0 Å². The molecule has 0 bridgehead atoms. The third kappa shape index (κ3) is 6.83. The maximum atomic E-state index is 10.3. The Bertz CT molecular complexity index is 429. The molecule has 0 aromatic heterocycles. The van der Waals surface area contributed by atoms with Gasteiger partial charge in [0, 0.05) is 5.69 Å². The predicted molar refractivity (Wildman–Crippen MR) is 62.3 cm³/mol. The van der Waals surface area contributed by atoms with E-state index in [1.165, 1.54) is 6.07 Å². The highest BCUT2D eigenvalue weighted by molar-refractivity contribution is 5.93. The molecule has 0 aliphatic rings. The number of hydrogen-bond donors (Lipinski definition) is 4. The fourth-order valence-corrected chi connectivity index (χ4v) is 0.906. The first-order valence-electron chi connectivity index (χ1n) is 4.86. The number of hydrogen-bond acceptors (Lipinski definition) is 4. The van der Waals surface area contributed by atoms with E-state index in [2.05, 4.69) is 0 Å². The number of rotatable bonds is 4. The summed E-state index contributed by atoms with van der Waals surface area (Å²) in [7, 11) is 0. The van der Waals surface area contributed by atoms with Gasteiger partial charge in [0.1, 0.15) is 0 Å². The van der Waals surface area contributed by atoms with Crippen LogP contribution in [0, 0.1) is 0 Å². The zero-order valence-corrected chi connectivity index (χ0v) is 9.37. The first kappa shape index (κ1) is 15.4. The second-order valence-corrected chi connectivity index (χ2v) is 3.18. The van der Waals surface area contributed by atoms with Crippen molar-refractivity contribution in [1.29, 1.82) is 0 Å². The summed E-state index contributed by atoms with van der Waals surface area (Å²) in [5, 5.41) is 24.3. The molecule has 0 amide bonds.